The summed E-state index contributed by atoms with van der Waals surface area (Å²) in [6.45, 7) is 3.90. The van der Waals surface area contributed by atoms with Gasteiger partial charge in [0.05, 0.1) is 12.4 Å². The largest absolute Gasteiger partial charge is 0.351 e. The molecule has 0 atom stereocenters. The molecule has 26 heavy (non-hydrogen) atoms. The van der Waals surface area contributed by atoms with E-state index in [9.17, 15) is 9.59 Å². The fourth-order valence-corrected chi connectivity index (χ4v) is 3.48. The number of carbonyl (C=O) groups excluding carboxylic acids is 2. The van der Waals surface area contributed by atoms with E-state index in [2.05, 4.69) is 39.1 Å². The van der Waals surface area contributed by atoms with Gasteiger partial charge in [-0.05, 0) is 17.5 Å². The van der Waals surface area contributed by atoms with E-state index < -0.39 is 0 Å². The van der Waals surface area contributed by atoms with Crippen molar-refractivity contribution in [1.82, 2.24) is 19.8 Å². The first-order chi connectivity index (χ1) is 12.7. The molecular weight excluding hydrogens is 330 g/mol. The fraction of sp³-hybridized carbons (Fsp3) is 0.368. The van der Waals surface area contributed by atoms with E-state index in [0.717, 1.165) is 31.7 Å². The molecule has 1 saturated heterocycles. The summed E-state index contributed by atoms with van der Waals surface area (Å²) >= 11 is 0. The molecule has 0 N–H and O–H groups in total. The summed E-state index contributed by atoms with van der Waals surface area (Å²) in [5.74, 6) is 0.667. The first-order valence-corrected chi connectivity index (χ1v) is 8.87. The third kappa shape index (κ3) is 3.24. The Morgan fingerprint density at radius 3 is 2.42 bits per heavy atom. The summed E-state index contributed by atoms with van der Waals surface area (Å²) < 4.78 is 0. The zero-order chi connectivity index (χ0) is 17.9. The van der Waals surface area contributed by atoms with Crippen molar-refractivity contribution in [3.8, 4) is 0 Å². The van der Waals surface area contributed by atoms with Crippen LogP contribution in [0.2, 0.25) is 0 Å². The van der Waals surface area contributed by atoms with Crippen molar-refractivity contribution in [3.05, 3.63) is 53.5 Å². The van der Waals surface area contributed by atoms with Gasteiger partial charge < -0.3 is 14.7 Å². The molecule has 1 fully saturated rings. The number of nitrogens with zero attached hydrogens (tertiary/aromatic N) is 5. The van der Waals surface area contributed by atoms with Gasteiger partial charge in [-0.3, -0.25) is 9.59 Å². The molecule has 0 aliphatic carbocycles. The van der Waals surface area contributed by atoms with Crippen molar-refractivity contribution in [1.29, 1.82) is 0 Å². The minimum atomic E-state index is -0.126. The van der Waals surface area contributed by atoms with E-state index in [1.807, 2.05) is 0 Å². The molecule has 2 aliphatic heterocycles. The molecule has 0 radical (unpaired) electrons. The SMILES string of the molecule is O=CN1CCN(C(=O)c2cnc(N3CCc4ccccc4C3)cn2)CC1. The summed E-state index contributed by atoms with van der Waals surface area (Å²) in [6, 6.07) is 8.44. The highest BCUT2D eigenvalue weighted by Gasteiger charge is 2.23. The lowest BCUT2D eigenvalue weighted by atomic mass is 10.0. The normalized spacial score (nSPS) is 17.0. The zero-order valence-electron chi connectivity index (χ0n) is 14.5. The monoisotopic (exact) mass is 351 g/mol. The quantitative estimate of drug-likeness (QED) is 0.770. The molecular formula is C19H21N5O2. The molecule has 7 nitrogen and oxygen atoms in total. The molecule has 1 aromatic heterocycles. The van der Waals surface area contributed by atoms with E-state index >= 15 is 0 Å². The van der Waals surface area contributed by atoms with Gasteiger partial charge in [-0.15, -0.1) is 0 Å². The van der Waals surface area contributed by atoms with Crippen LogP contribution in [0.1, 0.15) is 21.6 Å². The summed E-state index contributed by atoms with van der Waals surface area (Å²) in [4.78, 5) is 37.7. The molecule has 0 spiro atoms. The third-order valence-corrected chi connectivity index (χ3v) is 5.06. The van der Waals surface area contributed by atoms with Crippen LogP contribution in [0.5, 0.6) is 0 Å². The highest BCUT2D eigenvalue weighted by molar-refractivity contribution is 5.92. The van der Waals surface area contributed by atoms with Crippen LogP contribution in [0.3, 0.4) is 0 Å². The molecule has 7 heteroatoms. The molecule has 2 aliphatic rings. The Kier molecular flexibility index (Phi) is 4.51. The number of amides is 2. The minimum absolute atomic E-state index is 0.126. The smallest absolute Gasteiger partial charge is 0.274 e. The number of fused-ring (bicyclic) bond motifs is 1. The second kappa shape index (κ2) is 7.11. The summed E-state index contributed by atoms with van der Waals surface area (Å²) in [5.41, 5.74) is 3.05. The predicted molar refractivity (Wildman–Crippen MR) is 96.8 cm³/mol. The Bertz CT molecular complexity index is 800. The van der Waals surface area contributed by atoms with Crippen molar-refractivity contribution in [2.45, 2.75) is 13.0 Å². The average molecular weight is 351 g/mol. The number of hydrogen-bond acceptors (Lipinski definition) is 5. The van der Waals surface area contributed by atoms with E-state index in [4.69, 9.17) is 0 Å². The number of hydrogen-bond donors (Lipinski definition) is 0. The van der Waals surface area contributed by atoms with E-state index in [1.54, 1.807) is 22.2 Å². The van der Waals surface area contributed by atoms with Gasteiger partial charge in [0.2, 0.25) is 6.41 Å². The molecule has 0 saturated carbocycles. The molecule has 2 amide bonds. The van der Waals surface area contributed by atoms with Crippen LogP contribution in [-0.2, 0) is 17.8 Å². The van der Waals surface area contributed by atoms with Crippen molar-refractivity contribution >= 4 is 18.1 Å². The maximum atomic E-state index is 12.5. The molecule has 134 valence electrons. The Morgan fingerprint density at radius 1 is 0.962 bits per heavy atom. The molecule has 4 rings (SSSR count). The van der Waals surface area contributed by atoms with Gasteiger partial charge in [-0.1, -0.05) is 24.3 Å². The summed E-state index contributed by atoms with van der Waals surface area (Å²) in [5, 5.41) is 0. The fourth-order valence-electron chi connectivity index (χ4n) is 3.48. The number of anilines is 1. The Balaban J connectivity index is 1.43. The van der Waals surface area contributed by atoms with Crippen molar-refractivity contribution < 1.29 is 9.59 Å². The third-order valence-electron chi connectivity index (χ3n) is 5.06. The summed E-state index contributed by atoms with van der Waals surface area (Å²) in [7, 11) is 0. The van der Waals surface area contributed by atoms with Gasteiger partial charge in [-0.25, -0.2) is 9.97 Å². The van der Waals surface area contributed by atoms with Gasteiger partial charge >= 0.3 is 0 Å². The maximum absolute atomic E-state index is 12.5. The second-order valence-corrected chi connectivity index (χ2v) is 6.63. The van der Waals surface area contributed by atoms with Crippen molar-refractivity contribution in [2.24, 2.45) is 0 Å². The minimum Gasteiger partial charge on any atom is -0.351 e. The first-order valence-electron chi connectivity index (χ1n) is 8.87. The Hall–Kier alpha value is -2.96. The Morgan fingerprint density at radius 2 is 1.73 bits per heavy atom. The van der Waals surface area contributed by atoms with E-state index in [-0.39, 0.29) is 5.91 Å². The van der Waals surface area contributed by atoms with Crippen LogP contribution in [0.4, 0.5) is 5.82 Å². The first kappa shape index (κ1) is 16.5. The second-order valence-electron chi connectivity index (χ2n) is 6.63. The molecule has 0 bridgehead atoms. The number of rotatable bonds is 3. The van der Waals surface area contributed by atoms with Crippen LogP contribution in [-0.4, -0.2) is 64.8 Å². The standard InChI is InChI=1S/C19H21N5O2/c25-14-22-7-9-23(10-8-22)19(26)17-11-21-18(12-20-17)24-6-5-15-3-1-2-4-16(15)13-24/h1-4,11-12,14H,5-10,13H2. The molecule has 2 aromatic rings. The van der Waals surface area contributed by atoms with Gasteiger partial charge in [-0.2, -0.15) is 0 Å². The van der Waals surface area contributed by atoms with Crippen LogP contribution in [0.25, 0.3) is 0 Å². The molecule has 0 unspecified atom stereocenters. The van der Waals surface area contributed by atoms with E-state index in [0.29, 0.717) is 31.9 Å². The number of piperazine rings is 1. The zero-order valence-corrected chi connectivity index (χ0v) is 14.5. The lowest BCUT2D eigenvalue weighted by Crippen LogP contribution is -2.48. The van der Waals surface area contributed by atoms with Gasteiger partial charge in [0.25, 0.3) is 5.91 Å². The van der Waals surface area contributed by atoms with Crippen LogP contribution >= 0.6 is 0 Å². The lowest BCUT2D eigenvalue weighted by molar-refractivity contribution is -0.119. The number of aromatic nitrogens is 2. The lowest BCUT2D eigenvalue weighted by Gasteiger charge is -2.32. The van der Waals surface area contributed by atoms with Crippen LogP contribution < -0.4 is 4.90 Å². The predicted octanol–water partition coefficient (Wildman–Crippen LogP) is 0.953. The van der Waals surface area contributed by atoms with Crippen LogP contribution in [0.15, 0.2) is 36.7 Å². The highest BCUT2D eigenvalue weighted by atomic mass is 16.2. The summed E-state index contributed by atoms with van der Waals surface area (Å²) in [6.07, 6.45) is 5.06. The number of benzene rings is 1. The average Bonchev–Trinajstić information content (AvgIpc) is 2.73. The topological polar surface area (TPSA) is 69.6 Å². The van der Waals surface area contributed by atoms with Gasteiger partial charge in [0.1, 0.15) is 11.5 Å². The van der Waals surface area contributed by atoms with Gasteiger partial charge in [0.15, 0.2) is 0 Å². The van der Waals surface area contributed by atoms with Gasteiger partial charge in [0, 0.05) is 39.3 Å². The van der Waals surface area contributed by atoms with E-state index in [1.165, 1.54) is 11.1 Å². The van der Waals surface area contributed by atoms with Crippen LogP contribution in [0, 0.1) is 0 Å². The number of carbonyl (C=O) groups is 2. The maximum Gasteiger partial charge on any atom is 0.274 e. The molecule has 1 aromatic carbocycles. The molecule has 3 heterocycles. The van der Waals surface area contributed by atoms with Crippen molar-refractivity contribution in [2.75, 3.05) is 37.6 Å². The van der Waals surface area contributed by atoms with Crippen molar-refractivity contribution in [3.63, 3.8) is 0 Å². The Labute approximate surface area is 152 Å². The highest BCUT2D eigenvalue weighted by Crippen LogP contribution is 2.22.